The van der Waals surface area contributed by atoms with E-state index in [4.69, 9.17) is 10.5 Å². The quantitative estimate of drug-likeness (QED) is 0.781. The summed E-state index contributed by atoms with van der Waals surface area (Å²) in [7, 11) is 1.36. The molecule has 118 valence electrons. The third kappa shape index (κ3) is 3.54. The Bertz CT molecular complexity index is 416. The van der Waals surface area contributed by atoms with Gasteiger partial charge in [-0.1, -0.05) is 0 Å². The minimum atomic E-state index is -0.440. The highest BCUT2D eigenvalue weighted by atomic mass is 16.5. The number of hydrogen-bond donors (Lipinski definition) is 1. The second kappa shape index (κ2) is 6.91. The minimum Gasteiger partial charge on any atom is -0.467 e. The average Bonchev–Trinajstić information content (AvgIpc) is 2.53. The van der Waals surface area contributed by atoms with Crippen molar-refractivity contribution >= 4 is 17.8 Å². The van der Waals surface area contributed by atoms with E-state index in [9.17, 15) is 14.4 Å². The maximum atomic E-state index is 12.7. The summed E-state index contributed by atoms with van der Waals surface area (Å²) in [5, 5.41) is 0. The highest BCUT2D eigenvalue weighted by molar-refractivity contribution is 5.86. The number of methoxy groups -OCH3 is 1. The van der Waals surface area contributed by atoms with Crippen molar-refractivity contribution in [1.29, 1.82) is 0 Å². The lowest BCUT2D eigenvalue weighted by Crippen LogP contribution is -2.51. The molecule has 6 nitrogen and oxygen atoms in total. The Morgan fingerprint density at radius 2 is 1.62 bits per heavy atom. The normalized spacial score (nSPS) is 29.8. The number of likely N-dealkylation sites (tertiary alicyclic amines) is 1. The summed E-state index contributed by atoms with van der Waals surface area (Å²) in [5.41, 5.74) is 5.32. The molecule has 21 heavy (non-hydrogen) atoms. The number of rotatable bonds is 3. The molecule has 0 bridgehead atoms. The first-order valence-electron chi connectivity index (χ1n) is 7.72. The molecule has 0 spiro atoms. The highest BCUT2D eigenvalue weighted by Gasteiger charge is 2.37. The van der Waals surface area contributed by atoms with Crippen molar-refractivity contribution in [1.82, 2.24) is 4.90 Å². The van der Waals surface area contributed by atoms with E-state index in [1.165, 1.54) is 7.11 Å². The SMILES string of the molecule is COC(=O)C1CCCCN1C(=O)C1CCC(C(N)=O)CC1. The molecule has 2 rings (SSSR count). The maximum Gasteiger partial charge on any atom is 0.328 e. The first-order chi connectivity index (χ1) is 10.0. The highest BCUT2D eigenvalue weighted by Crippen LogP contribution is 2.31. The maximum absolute atomic E-state index is 12.7. The number of carbonyl (C=O) groups excluding carboxylic acids is 3. The number of amides is 2. The summed E-state index contributed by atoms with van der Waals surface area (Å²) in [6, 6.07) is -0.440. The molecule has 1 saturated carbocycles. The zero-order valence-electron chi connectivity index (χ0n) is 12.5. The lowest BCUT2D eigenvalue weighted by Gasteiger charge is -2.37. The first-order valence-corrected chi connectivity index (χ1v) is 7.72. The van der Waals surface area contributed by atoms with Crippen LogP contribution in [0.25, 0.3) is 0 Å². The van der Waals surface area contributed by atoms with Gasteiger partial charge in [0.05, 0.1) is 7.11 Å². The van der Waals surface area contributed by atoms with Crippen LogP contribution in [-0.4, -0.2) is 42.4 Å². The Morgan fingerprint density at radius 3 is 2.19 bits per heavy atom. The Labute approximate surface area is 125 Å². The molecule has 2 aliphatic rings. The number of primary amides is 1. The lowest BCUT2D eigenvalue weighted by molar-refractivity contribution is -0.157. The zero-order valence-corrected chi connectivity index (χ0v) is 12.5. The van der Waals surface area contributed by atoms with E-state index in [0.29, 0.717) is 38.6 Å². The number of nitrogens with two attached hydrogens (primary N) is 1. The van der Waals surface area contributed by atoms with E-state index in [-0.39, 0.29) is 29.6 Å². The van der Waals surface area contributed by atoms with Crippen molar-refractivity contribution in [3.63, 3.8) is 0 Å². The molecule has 0 aromatic heterocycles. The fraction of sp³-hybridized carbons (Fsp3) is 0.800. The molecule has 1 heterocycles. The van der Waals surface area contributed by atoms with E-state index in [0.717, 1.165) is 12.8 Å². The number of esters is 1. The monoisotopic (exact) mass is 296 g/mol. The van der Waals surface area contributed by atoms with Crippen molar-refractivity contribution in [3.8, 4) is 0 Å². The summed E-state index contributed by atoms with van der Waals surface area (Å²) < 4.78 is 4.81. The van der Waals surface area contributed by atoms with Crippen molar-refractivity contribution in [2.75, 3.05) is 13.7 Å². The van der Waals surface area contributed by atoms with Crippen LogP contribution in [0.15, 0.2) is 0 Å². The lowest BCUT2D eigenvalue weighted by atomic mass is 9.80. The standard InChI is InChI=1S/C15H24N2O4/c1-21-15(20)12-4-2-3-9-17(12)14(19)11-7-5-10(6-8-11)13(16)18/h10-12H,2-9H2,1H3,(H2,16,18). The largest absolute Gasteiger partial charge is 0.467 e. The van der Waals surface area contributed by atoms with Crippen LogP contribution in [0.5, 0.6) is 0 Å². The van der Waals surface area contributed by atoms with Crippen LogP contribution in [-0.2, 0) is 19.1 Å². The van der Waals surface area contributed by atoms with Crippen LogP contribution in [0.1, 0.15) is 44.9 Å². The van der Waals surface area contributed by atoms with Crippen LogP contribution in [0.4, 0.5) is 0 Å². The Kier molecular flexibility index (Phi) is 5.20. The van der Waals surface area contributed by atoms with Crippen LogP contribution in [0.2, 0.25) is 0 Å². The number of hydrogen-bond acceptors (Lipinski definition) is 4. The average molecular weight is 296 g/mol. The number of piperidine rings is 1. The summed E-state index contributed by atoms with van der Waals surface area (Å²) in [6.07, 6.45) is 5.24. The van der Waals surface area contributed by atoms with E-state index in [1.54, 1.807) is 4.90 Å². The molecule has 1 unspecified atom stereocenters. The molecule has 6 heteroatoms. The predicted molar refractivity (Wildman–Crippen MR) is 76.0 cm³/mol. The molecule has 1 aliphatic heterocycles. The van der Waals surface area contributed by atoms with Gasteiger partial charge >= 0.3 is 5.97 Å². The summed E-state index contributed by atoms with van der Waals surface area (Å²) in [6.45, 7) is 0.619. The summed E-state index contributed by atoms with van der Waals surface area (Å²) in [4.78, 5) is 37.4. The second-order valence-electron chi connectivity index (χ2n) is 6.02. The van der Waals surface area contributed by atoms with Crippen LogP contribution >= 0.6 is 0 Å². The van der Waals surface area contributed by atoms with Gasteiger partial charge in [0.2, 0.25) is 11.8 Å². The number of nitrogens with zero attached hydrogens (tertiary/aromatic N) is 1. The van der Waals surface area contributed by atoms with Crippen molar-refractivity contribution in [3.05, 3.63) is 0 Å². The third-order valence-electron chi connectivity index (χ3n) is 4.74. The topological polar surface area (TPSA) is 89.7 Å². The molecule has 2 amide bonds. The molecular formula is C15H24N2O4. The van der Waals surface area contributed by atoms with Gasteiger partial charge in [-0.15, -0.1) is 0 Å². The van der Waals surface area contributed by atoms with Gasteiger partial charge in [0.15, 0.2) is 0 Å². The van der Waals surface area contributed by atoms with E-state index in [2.05, 4.69) is 0 Å². The zero-order chi connectivity index (χ0) is 15.4. The Hall–Kier alpha value is -1.59. The van der Waals surface area contributed by atoms with Crippen molar-refractivity contribution < 1.29 is 19.1 Å². The van der Waals surface area contributed by atoms with Gasteiger partial charge in [-0.2, -0.15) is 0 Å². The van der Waals surface area contributed by atoms with Gasteiger partial charge in [0, 0.05) is 18.4 Å². The number of carbonyl (C=O) groups is 3. The van der Waals surface area contributed by atoms with E-state index >= 15 is 0 Å². The van der Waals surface area contributed by atoms with Crippen LogP contribution < -0.4 is 5.73 Å². The van der Waals surface area contributed by atoms with Gasteiger partial charge in [0.1, 0.15) is 6.04 Å². The fourth-order valence-corrected chi connectivity index (χ4v) is 3.44. The van der Waals surface area contributed by atoms with Crippen molar-refractivity contribution in [2.45, 2.75) is 51.0 Å². The van der Waals surface area contributed by atoms with Gasteiger partial charge < -0.3 is 15.4 Å². The molecule has 1 saturated heterocycles. The van der Waals surface area contributed by atoms with Gasteiger partial charge in [-0.3, -0.25) is 9.59 Å². The molecule has 1 atom stereocenters. The van der Waals surface area contributed by atoms with Gasteiger partial charge in [-0.25, -0.2) is 4.79 Å². The molecule has 0 aromatic rings. The molecule has 0 radical (unpaired) electrons. The third-order valence-corrected chi connectivity index (χ3v) is 4.74. The smallest absolute Gasteiger partial charge is 0.328 e. The van der Waals surface area contributed by atoms with Crippen LogP contribution in [0.3, 0.4) is 0 Å². The fourth-order valence-electron chi connectivity index (χ4n) is 3.44. The number of ether oxygens (including phenoxy) is 1. The molecule has 2 fully saturated rings. The Morgan fingerprint density at radius 1 is 1.00 bits per heavy atom. The van der Waals surface area contributed by atoms with Crippen molar-refractivity contribution in [2.24, 2.45) is 17.6 Å². The van der Waals surface area contributed by atoms with E-state index in [1.807, 2.05) is 0 Å². The molecule has 1 aliphatic carbocycles. The summed E-state index contributed by atoms with van der Waals surface area (Å²) >= 11 is 0. The first kappa shape index (κ1) is 15.8. The summed E-state index contributed by atoms with van der Waals surface area (Å²) in [5.74, 6) is -0.758. The molecular weight excluding hydrogens is 272 g/mol. The molecule has 0 aromatic carbocycles. The Balaban J connectivity index is 1.98. The second-order valence-corrected chi connectivity index (χ2v) is 6.02. The predicted octanol–water partition coefficient (Wildman–Crippen LogP) is 0.832. The minimum absolute atomic E-state index is 0.0352. The van der Waals surface area contributed by atoms with Gasteiger partial charge in [0.25, 0.3) is 0 Å². The molecule has 2 N–H and O–H groups in total. The van der Waals surface area contributed by atoms with Gasteiger partial charge in [-0.05, 0) is 44.9 Å². The van der Waals surface area contributed by atoms with Crippen LogP contribution in [0, 0.1) is 11.8 Å². The van der Waals surface area contributed by atoms with E-state index < -0.39 is 6.04 Å².